The maximum Gasteiger partial charge on any atom is 0.255 e. The third-order valence-electron chi connectivity index (χ3n) is 4.73. The minimum absolute atomic E-state index is 0.0664. The smallest absolute Gasteiger partial charge is 0.255 e. The van der Waals surface area contributed by atoms with E-state index >= 15 is 0 Å². The third kappa shape index (κ3) is 4.17. The Morgan fingerprint density at radius 3 is 2.57 bits per heavy atom. The van der Waals surface area contributed by atoms with Crippen LogP contribution in [-0.4, -0.2) is 33.3 Å². The number of carbonyl (C=O) groups excluding carboxylic acids is 1. The average molecular weight is 381 g/mol. The first kappa shape index (κ1) is 19.9. The molecule has 0 aliphatic rings. The van der Waals surface area contributed by atoms with Gasteiger partial charge >= 0.3 is 0 Å². The van der Waals surface area contributed by atoms with E-state index in [-0.39, 0.29) is 24.7 Å². The molecule has 28 heavy (non-hydrogen) atoms. The molecule has 3 aromatic rings. The van der Waals surface area contributed by atoms with E-state index in [1.54, 1.807) is 24.5 Å². The Balaban J connectivity index is 2.01. The number of hydrogen-bond donors (Lipinski definition) is 2. The molecule has 0 radical (unpaired) electrons. The van der Waals surface area contributed by atoms with E-state index in [1.807, 2.05) is 36.6 Å². The number of imidazole rings is 1. The van der Waals surface area contributed by atoms with E-state index in [0.29, 0.717) is 28.9 Å². The maximum absolute atomic E-state index is 12.7. The Morgan fingerprint density at radius 1 is 1.25 bits per heavy atom. The first-order valence-corrected chi connectivity index (χ1v) is 9.59. The summed E-state index contributed by atoms with van der Waals surface area (Å²) < 4.78 is 7.96. The largest absolute Gasteiger partial charge is 0.488 e. The van der Waals surface area contributed by atoms with Crippen molar-refractivity contribution in [3.8, 4) is 5.75 Å². The number of aryl methyl sites for hydroxylation is 1. The lowest BCUT2D eigenvalue weighted by atomic mass is 10.1. The van der Waals surface area contributed by atoms with Crippen LogP contribution in [0.25, 0.3) is 11.0 Å². The molecule has 2 aromatic carbocycles. The molecule has 2 N–H and O–H groups in total. The molecule has 0 aliphatic heterocycles. The van der Waals surface area contributed by atoms with Crippen LogP contribution in [0.4, 0.5) is 5.69 Å². The standard InChI is InChI=1S/C22H27N3O3/c1-5-17(12-26)28-18-10-19(21-20(11-18)25(13-23-21)14(2)3)24-22(27)16-8-6-15(4)7-9-16/h6-11,13-14,17,26H,5,12H2,1-4H3,(H,24,27). The number of aliphatic hydroxyl groups is 1. The Morgan fingerprint density at radius 2 is 1.96 bits per heavy atom. The Bertz CT molecular complexity index is 957. The molecule has 0 saturated carbocycles. The molecule has 0 saturated heterocycles. The zero-order chi connectivity index (χ0) is 20.3. The second-order valence-corrected chi connectivity index (χ2v) is 7.23. The molecule has 6 heteroatoms. The molecule has 0 aliphatic carbocycles. The molecule has 6 nitrogen and oxygen atoms in total. The number of ether oxygens (including phenoxy) is 1. The van der Waals surface area contributed by atoms with Crippen molar-refractivity contribution in [1.29, 1.82) is 0 Å². The van der Waals surface area contributed by atoms with Gasteiger partial charge in [-0.25, -0.2) is 4.98 Å². The molecular weight excluding hydrogens is 354 g/mol. The molecule has 148 valence electrons. The maximum atomic E-state index is 12.7. The highest BCUT2D eigenvalue weighted by Crippen LogP contribution is 2.31. The van der Waals surface area contributed by atoms with Crippen molar-refractivity contribution in [3.63, 3.8) is 0 Å². The second-order valence-electron chi connectivity index (χ2n) is 7.23. The molecule has 1 atom stereocenters. The highest BCUT2D eigenvalue weighted by atomic mass is 16.5. The monoisotopic (exact) mass is 381 g/mol. The number of aromatic nitrogens is 2. The number of nitrogens with one attached hydrogen (secondary N) is 1. The van der Waals surface area contributed by atoms with E-state index in [1.165, 1.54) is 0 Å². The summed E-state index contributed by atoms with van der Waals surface area (Å²) in [6.07, 6.45) is 2.15. The van der Waals surface area contributed by atoms with Crippen LogP contribution in [-0.2, 0) is 0 Å². The van der Waals surface area contributed by atoms with Crippen LogP contribution >= 0.6 is 0 Å². The number of anilines is 1. The van der Waals surface area contributed by atoms with E-state index in [9.17, 15) is 9.90 Å². The predicted octanol–water partition coefficient (Wildman–Crippen LogP) is 4.33. The van der Waals surface area contributed by atoms with Crippen molar-refractivity contribution in [2.45, 2.75) is 46.3 Å². The molecule has 1 heterocycles. The predicted molar refractivity (Wildman–Crippen MR) is 111 cm³/mol. The van der Waals surface area contributed by atoms with Crippen LogP contribution in [0.2, 0.25) is 0 Å². The summed E-state index contributed by atoms with van der Waals surface area (Å²) in [7, 11) is 0. The molecule has 1 unspecified atom stereocenters. The molecule has 0 fully saturated rings. The second kappa shape index (κ2) is 8.44. The van der Waals surface area contributed by atoms with E-state index in [4.69, 9.17) is 4.74 Å². The van der Waals surface area contributed by atoms with Gasteiger partial charge in [-0.2, -0.15) is 0 Å². The minimum atomic E-state index is -0.298. The van der Waals surface area contributed by atoms with E-state index in [2.05, 4.69) is 24.1 Å². The molecule has 0 bridgehead atoms. The van der Waals surface area contributed by atoms with Gasteiger partial charge < -0.3 is 19.7 Å². The number of aliphatic hydroxyl groups excluding tert-OH is 1. The van der Waals surface area contributed by atoms with Crippen molar-refractivity contribution in [1.82, 2.24) is 9.55 Å². The summed E-state index contributed by atoms with van der Waals surface area (Å²) in [5, 5.41) is 12.4. The molecular formula is C22H27N3O3. The quantitative estimate of drug-likeness (QED) is 0.639. The highest BCUT2D eigenvalue weighted by Gasteiger charge is 2.17. The van der Waals surface area contributed by atoms with Gasteiger partial charge in [0.25, 0.3) is 5.91 Å². The highest BCUT2D eigenvalue weighted by molar-refractivity contribution is 6.08. The van der Waals surface area contributed by atoms with Gasteiger partial charge in [0.15, 0.2) is 0 Å². The number of carbonyl (C=O) groups is 1. The molecule has 1 aromatic heterocycles. The first-order valence-electron chi connectivity index (χ1n) is 9.59. The van der Waals surface area contributed by atoms with Crippen LogP contribution in [0.1, 0.15) is 49.2 Å². The Labute approximate surface area is 165 Å². The van der Waals surface area contributed by atoms with Crippen molar-refractivity contribution < 1.29 is 14.6 Å². The zero-order valence-corrected chi connectivity index (χ0v) is 16.8. The van der Waals surface area contributed by atoms with E-state index in [0.717, 1.165) is 11.1 Å². The van der Waals surface area contributed by atoms with Crippen molar-refractivity contribution in [3.05, 3.63) is 53.9 Å². The van der Waals surface area contributed by atoms with Crippen molar-refractivity contribution in [2.75, 3.05) is 11.9 Å². The normalized spacial score (nSPS) is 12.4. The van der Waals surface area contributed by atoms with Gasteiger partial charge in [0.05, 0.1) is 24.1 Å². The van der Waals surface area contributed by atoms with E-state index < -0.39 is 0 Å². The number of hydrogen-bond acceptors (Lipinski definition) is 4. The van der Waals surface area contributed by atoms with Gasteiger partial charge in [-0.15, -0.1) is 0 Å². The SMILES string of the molecule is CCC(CO)Oc1cc(NC(=O)c2ccc(C)cc2)c2ncn(C(C)C)c2c1. The van der Waals surface area contributed by atoms with Crippen LogP contribution in [0.15, 0.2) is 42.7 Å². The Kier molecular flexibility index (Phi) is 5.99. The van der Waals surface area contributed by atoms with Gasteiger partial charge in [0.1, 0.15) is 17.4 Å². The topological polar surface area (TPSA) is 76.4 Å². The van der Waals surface area contributed by atoms with Gasteiger partial charge in [-0.05, 0) is 39.3 Å². The summed E-state index contributed by atoms with van der Waals surface area (Å²) in [5.74, 6) is 0.391. The summed E-state index contributed by atoms with van der Waals surface area (Å²) in [6.45, 7) is 8.01. The number of nitrogens with zero attached hydrogens (tertiary/aromatic N) is 2. The van der Waals surface area contributed by atoms with Gasteiger partial charge in [-0.3, -0.25) is 4.79 Å². The molecule has 0 spiro atoms. The zero-order valence-electron chi connectivity index (χ0n) is 16.8. The number of benzene rings is 2. The fraction of sp³-hybridized carbons (Fsp3) is 0.364. The first-order chi connectivity index (χ1) is 13.4. The fourth-order valence-corrected chi connectivity index (χ4v) is 3.02. The molecule has 3 rings (SSSR count). The number of amides is 1. The minimum Gasteiger partial charge on any atom is -0.488 e. The van der Waals surface area contributed by atoms with Gasteiger partial charge in [-0.1, -0.05) is 24.6 Å². The number of fused-ring (bicyclic) bond motifs is 1. The summed E-state index contributed by atoms with van der Waals surface area (Å²) in [5.41, 5.74) is 3.85. The lowest BCUT2D eigenvalue weighted by Gasteiger charge is -2.17. The lowest BCUT2D eigenvalue weighted by molar-refractivity contribution is 0.102. The lowest BCUT2D eigenvalue weighted by Crippen LogP contribution is -2.20. The van der Waals surface area contributed by atoms with Gasteiger partial charge in [0.2, 0.25) is 0 Å². The third-order valence-corrected chi connectivity index (χ3v) is 4.73. The summed E-state index contributed by atoms with van der Waals surface area (Å²) in [4.78, 5) is 17.2. The van der Waals surface area contributed by atoms with Gasteiger partial charge in [0, 0.05) is 23.7 Å². The van der Waals surface area contributed by atoms with Crippen molar-refractivity contribution in [2.24, 2.45) is 0 Å². The Hall–Kier alpha value is -2.86. The summed E-state index contributed by atoms with van der Waals surface area (Å²) >= 11 is 0. The number of rotatable bonds is 7. The summed E-state index contributed by atoms with van der Waals surface area (Å²) in [6, 6.07) is 11.3. The fourth-order valence-electron chi connectivity index (χ4n) is 3.02. The molecule has 1 amide bonds. The van der Waals surface area contributed by atoms with Crippen LogP contribution in [0.3, 0.4) is 0 Å². The van der Waals surface area contributed by atoms with Crippen molar-refractivity contribution >= 4 is 22.6 Å². The van der Waals surface area contributed by atoms with Crippen LogP contribution < -0.4 is 10.1 Å². The van der Waals surface area contributed by atoms with Crippen LogP contribution in [0, 0.1) is 6.92 Å². The average Bonchev–Trinajstić information content (AvgIpc) is 3.11. The van der Waals surface area contributed by atoms with Crippen LogP contribution in [0.5, 0.6) is 5.75 Å².